The third-order valence-corrected chi connectivity index (χ3v) is 6.13. The smallest absolute Gasteiger partial charge is 0.163 e. The van der Waals surface area contributed by atoms with Crippen LogP contribution in [0.2, 0.25) is 5.02 Å². The molecule has 0 spiro atoms. The number of nitrogens with one attached hydrogen (secondary N) is 1. The molecule has 0 aliphatic carbocycles. The van der Waals surface area contributed by atoms with Gasteiger partial charge in [0.05, 0.1) is 61.2 Å². The van der Waals surface area contributed by atoms with Crippen LogP contribution < -0.4 is 14.8 Å². The van der Waals surface area contributed by atoms with Crippen LogP contribution in [0.25, 0.3) is 16.6 Å². The van der Waals surface area contributed by atoms with Crippen molar-refractivity contribution in [3.63, 3.8) is 0 Å². The van der Waals surface area contributed by atoms with Crippen molar-refractivity contribution in [1.82, 2.24) is 19.3 Å². The molecule has 0 saturated carbocycles. The number of imidazole rings is 1. The highest BCUT2D eigenvalue weighted by Gasteiger charge is 2.16. The van der Waals surface area contributed by atoms with Gasteiger partial charge in [-0.15, -0.1) is 0 Å². The first-order valence-electron chi connectivity index (χ1n) is 11.1. The quantitative estimate of drug-likeness (QED) is 0.368. The molecule has 2 aromatic heterocycles. The first kappa shape index (κ1) is 22.6. The van der Waals surface area contributed by atoms with Crippen LogP contribution in [0.5, 0.6) is 11.5 Å². The highest BCUT2D eigenvalue weighted by atomic mass is 35.5. The number of benzene rings is 2. The number of methoxy groups -OCH3 is 1. The van der Waals surface area contributed by atoms with E-state index >= 15 is 0 Å². The number of para-hydroxylation sites is 1. The molecule has 0 radical (unpaired) electrons. The molecule has 1 aliphatic heterocycles. The van der Waals surface area contributed by atoms with E-state index in [1.54, 1.807) is 31.8 Å². The maximum atomic E-state index is 14.4. The van der Waals surface area contributed by atoms with Crippen molar-refractivity contribution in [2.24, 2.45) is 0 Å². The molecular weight excluding hydrogens is 461 g/mol. The van der Waals surface area contributed by atoms with Crippen LogP contribution in [0.15, 0.2) is 42.9 Å². The minimum absolute atomic E-state index is 0.159. The van der Waals surface area contributed by atoms with Gasteiger partial charge in [-0.25, -0.2) is 14.4 Å². The molecule has 178 valence electrons. The summed E-state index contributed by atoms with van der Waals surface area (Å²) in [6.45, 7) is 4.95. The van der Waals surface area contributed by atoms with Crippen molar-refractivity contribution in [1.29, 1.82) is 0 Å². The summed E-state index contributed by atoms with van der Waals surface area (Å²) in [4.78, 5) is 11.4. The van der Waals surface area contributed by atoms with E-state index in [-0.39, 0.29) is 10.7 Å². The predicted octanol–water partition coefficient (Wildman–Crippen LogP) is 4.53. The van der Waals surface area contributed by atoms with E-state index in [2.05, 4.69) is 15.2 Å². The van der Waals surface area contributed by atoms with E-state index in [1.807, 2.05) is 16.5 Å². The van der Waals surface area contributed by atoms with Gasteiger partial charge in [0.2, 0.25) is 0 Å². The number of fused-ring (bicyclic) bond motifs is 3. The van der Waals surface area contributed by atoms with E-state index in [9.17, 15) is 4.39 Å². The standard InChI is InChI=1S/C24H25ClFN5O3/c1-32-21-13-19-18(12-22(21)34-9-3-6-30-7-10-33-11-8-30)28-24(20-14-27-15-31(19)20)29-23-16(25)4-2-5-17(23)26/h2,4-5,12-15H,3,6-11H2,1H3,(H,28,29). The summed E-state index contributed by atoms with van der Waals surface area (Å²) in [7, 11) is 1.61. The molecule has 1 saturated heterocycles. The van der Waals surface area contributed by atoms with Crippen molar-refractivity contribution < 1.29 is 18.6 Å². The Morgan fingerprint density at radius 3 is 2.82 bits per heavy atom. The molecule has 0 unspecified atom stereocenters. The molecule has 1 N–H and O–H groups in total. The van der Waals surface area contributed by atoms with Crippen LogP contribution in [0.3, 0.4) is 0 Å². The van der Waals surface area contributed by atoms with Crippen molar-refractivity contribution in [3.05, 3.63) is 53.7 Å². The van der Waals surface area contributed by atoms with Gasteiger partial charge in [0.25, 0.3) is 0 Å². The second kappa shape index (κ2) is 10.0. The van der Waals surface area contributed by atoms with Crippen LogP contribution >= 0.6 is 11.6 Å². The largest absolute Gasteiger partial charge is 0.493 e. The molecule has 8 nitrogen and oxygen atoms in total. The molecular formula is C24H25ClFN5O3. The zero-order chi connectivity index (χ0) is 23.5. The van der Waals surface area contributed by atoms with E-state index in [1.165, 1.54) is 6.07 Å². The maximum absolute atomic E-state index is 14.4. The van der Waals surface area contributed by atoms with Crippen LogP contribution in [0, 0.1) is 5.82 Å². The molecule has 1 aliphatic rings. The van der Waals surface area contributed by atoms with Gasteiger partial charge in [-0.05, 0) is 18.6 Å². The monoisotopic (exact) mass is 485 g/mol. The number of rotatable bonds is 8. The summed E-state index contributed by atoms with van der Waals surface area (Å²) in [6, 6.07) is 8.22. The average molecular weight is 486 g/mol. The van der Waals surface area contributed by atoms with Gasteiger partial charge in [0.1, 0.15) is 11.3 Å². The molecule has 0 bridgehead atoms. The zero-order valence-corrected chi connectivity index (χ0v) is 19.5. The summed E-state index contributed by atoms with van der Waals surface area (Å²) in [5.74, 6) is 1.17. The summed E-state index contributed by atoms with van der Waals surface area (Å²) in [5.41, 5.74) is 2.26. The highest BCUT2D eigenvalue weighted by Crippen LogP contribution is 2.35. The Labute approximate surface area is 201 Å². The van der Waals surface area contributed by atoms with Gasteiger partial charge in [0.15, 0.2) is 17.3 Å². The Kier molecular flexibility index (Phi) is 6.66. The summed E-state index contributed by atoms with van der Waals surface area (Å²) in [5, 5.41) is 3.29. The Morgan fingerprint density at radius 1 is 1.18 bits per heavy atom. The second-order valence-electron chi connectivity index (χ2n) is 7.98. The van der Waals surface area contributed by atoms with Gasteiger partial charge in [-0.1, -0.05) is 17.7 Å². The first-order chi connectivity index (χ1) is 16.6. The Morgan fingerprint density at radius 2 is 2.03 bits per heavy atom. The molecule has 3 heterocycles. The Balaban J connectivity index is 1.43. The number of nitrogens with zero attached hydrogens (tertiary/aromatic N) is 4. The molecule has 5 rings (SSSR count). The number of hydrogen-bond acceptors (Lipinski definition) is 7. The van der Waals surface area contributed by atoms with Gasteiger partial charge in [-0.2, -0.15) is 0 Å². The Bertz CT molecular complexity index is 1290. The van der Waals surface area contributed by atoms with Gasteiger partial charge >= 0.3 is 0 Å². The summed E-state index contributed by atoms with van der Waals surface area (Å²) < 4.78 is 33.3. The van der Waals surface area contributed by atoms with Gasteiger partial charge in [0, 0.05) is 31.8 Å². The van der Waals surface area contributed by atoms with Crippen LogP contribution in [-0.4, -0.2) is 65.8 Å². The molecule has 0 amide bonds. The fraction of sp³-hybridized carbons (Fsp3) is 0.333. The topological polar surface area (TPSA) is 73.2 Å². The predicted molar refractivity (Wildman–Crippen MR) is 129 cm³/mol. The minimum atomic E-state index is -0.467. The molecule has 2 aromatic carbocycles. The number of morpholine rings is 1. The van der Waals surface area contributed by atoms with Crippen molar-refractivity contribution in [2.75, 3.05) is 51.9 Å². The van der Waals surface area contributed by atoms with Crippen molar-refractivity contribution >= 4 is 39.7 Å². The molecule has 4 aromatic rings. The number of aromatic nitrogens is 3. The minimum Gasteiger partial charge on any atom is -0.493 e. The van der Waals surface area contributed by atoms with Crippen LogP contribution in [0.1, 0.15) is 6.42 Å². The fourth-order valence-electron chi connectivity index (χ4n) is 4.06. The van der Waals surface area contributed by atoms with Gasteiger partial charge < -0.3 is 19.5 Å². The summed E-state index contributed by atoms with van der Waals surface area (Å²) >= 11 is 6.21. The molecule has 0 atom stereocenters. The molecule has 1 fully saturated rings. The average Bonchev–Trinajstić information content (AvgIpc) is 3.35. The molecule has 34 heavy (non-hydrogen) atoms. The van der Waals surface area contributed by atoms with Gasteiger partial charge in [-0.3, -0.25) is 9.30 Å². The van der Waals surface area contributed by atoms with Crippen molar-refractivity contribution in [3.8, 4) is 11.5 Å². The van der Waals surface area contributed by atoms with E-state index < -0.39 is 5.82 Å². The zero-order valence-electron chi connectivity index (χ0n) is 18.8. The normalized spacial score (nSPS) is 14.6. The number of hydrogen-bond donors (Lipinski definition) is 1. The third kappa shape index (κ3) is 4.59. The maximum Gasteiger partial charge on any atom is 0.163 e. The lowest BCUT2D eigenvalue weighted by molar-refractivity contribution is 0.0357. The van der Waals surface area contributed by atoms with Crippen molar-refractivity contribution in [2.45, 2.75) is 6.42 Å². The van der Waals surface area contributed by atoms with Crippen LogP contribution in [-0.2, 0) is 4.74 Å². The molecule has 10 heteroatoms. The lowest BCUT2D eigenvalue weighted by Gasteiger charge is -2.26. The number of anilines is 2. The third-order valence-electron chi connectivity index (χ3n) is 5.82. The Hall–Kier alpha value is -3.14. The SMILES string of the molecule is COc1cc2c(cc1OCCCN1CCOCC1)nc(Nc1c(F)cccc1Cl)c1cncn12. The second-order valence-corrected chi connectivity index (χ2v) is 8.39. The lowest BCUT2D eigenvalue weighted by atomic mass is 10.2. The fourth-order valence-corrected chi connectivity index (χ4v) is 4.27. The first-order valence-corrected chi connectivity index (χ1v) is 11.5. The van der Waals surface area contributed by atoms with E-state index in [4.69, 9.17) is 30.8 Å². The number of halogens is 2. The lowest BCUT2D eigenvalue weighted by Crippen LogP contribution is -2.37. The highest BCUT2D eigenvalue weighted by molar-refractivity contribution is 6.33. The summed E-state index contributed by atoms with van der Waals surface area (Å²) in [6.07, 6.45) is 4.22. The van der Waals surface area contributed by atoms with E-state index in [0.29, 0.717) is 35.0 Å². The number of ether oxygens (including phenoxy) is 3. The van der Waals surface area contributed by atoms with Crippen LogP contribution in [0.4, 0.5) is 15.9 Å². The van der Waals surface area contributed by atoms with E-state index in [0.717, 1.165) is 44.8 Å².